The van der Waals surface area contributed by atoms with Crippen LogP contribution in [0.15, 0.2) is 54.6 Å². The van der Waals surface area contributed by atoms with E-state index in [9.17, 15) is 14.9 Å². The number of thioether (sulfide) groups is 1. The van der Waals surface area contributed by atoms with Gasteiger partial charge in [0.2, 0.25) is 0 Å². The number of carbonyl (C=O) groups is 1. The van der Waals surface area contributed by atoms with Crippen LogP contribution in [0.4, 0.5) is 5.69 Å². The summed E-state index contributed by atoms with van der Waals surface area (Å²) in [5, 5.41) is 10.7. The van der Waals surface area contributed by atoms with Crippen LogP contribution in [0, 0.1) is 16.0 Å². The van der Waals surface area contributed by atoms with Crippen molar-refractivity contribution in [2.24, 2.45) is 5.92 Å². The first-order valence-corrected chi connectivity index (χ1v) is 8.83. The van der Waals surface area contributed by atoms with Gasteiger partial charge in [0.1, 0.15) is 0 Å². The van der Waals surface area contributed by atoms with Gasteiger partial charge in [-0.3, -0.25) is 14.9 Å². The van der Waals surface area contributed by atoms with Crippen molar-refractivity contribution in [2.45, 2.75) is 11.7 Å². The molecule has 124 valence electrons. The molecule has 2 atom stereocenters. The van der Waals surface area contributed by atoms with Gasteiger partial charge in [0, 0.05) is 29.6 Å². The molecule has 0 radical (unpaired) electrons. The van der Waals surface area contributed by atoms with Gasteiger partial charge in [0.25, 0.3) is 5.69 Å². The van der Waals surface area contributed by atoms with E-state index in [0.717, 1.165) is 11.3 Å². The van der Waals surface area contributed by atoms with Crippen LogP contribution in [-0.2, 0) is 15.3 Å². The molecule has 0 bridgehead atoms. The van der Waals surface area contributed by atoms with E-state index in [1.807, 2.05) is 18.2 Å². The van der Waals surface area contributed by atoms with Crippen molar-refractivity contribution < 1.29 is 14.5 Å². The van der Waals surface area contributed by atoms with Crippen molar-refractivity contribution >= 4 is 23.4 Å². The molecule has 1 aliphatic rings. The average Bonchev–Trinajstić information content (AvgIpc) is 2.97. The largest absolute Gasteiger partial charge is 0.465 e. The summed E-state index contributed by atoms with van der Waals surface area (Å²) in [4.78, 5) is 22.4. The van der Waals surface area contributed by atoms with Crippen molar-refractivity contribution in [2.75, 3.05) is 12.4 Å². The van der Waals surface area contributed by atoms with E-state index in [-0.39, 0.29) is 23.5 Å². The number of ether oxygens (including phenoxy) is 1. The van der Waals surface area contributed by atoms with Crippen molar-refractivity contribution in [3.05, 3.63) is 75.8 Å². The Kier molecular flexibility index (Phi) is 5.15. The number of rotatable bonds is 6. The molecule has 0 aliphatic carbocycles. The zero-order valence-electron chi connectivity index (χ0n) is 13.0. The Hall–Kier alpha value is -2.34. The number of nitro benzene ring substituents is 1. The van der Waals surface area contributed by atoms with Crippen LogP contribution in [0.25, 0.3) is 0 Å². The summed E-state index contributed by atoms with van der Waals surface area (Å²) in [5.74, 6) is 1.09. The lowest BCUT2D eigenvalue weighted by Crippen LogP contribution is -2.17. The minimum absolute atomic E-state index is 0.0402. The van der Waals surface area contributed by atoms with Gasteiger partial charge < -0.3 is 4.74 Å². The second-order valence-corrected chi connectivity index (χ2v) is 6.72. The van der Waals surface area contributed by atoms with Gasteiger partial charge in [-0.15, -0.1) is 0 Å². The normalized spacial score (nSPS) is 19.9. The zero-order chi connectivity index (χ0) is 16.9. The summed E-state index contributed by atoms with van der Waals surface area (Å²) in [5.41, 5.74) is 2.19. The molecule has 3 rings (SSSR count). The van der Waals surface area contributed by atoms with Gasteiger partial charge in [0.05, 0.1) is 17.4 Å². The minimum atomic E-state index is -0.423. The van der Waals surface area contributed by atoms with E-state index in [2.05, 4.69) is 12.1 Å². The predicted molar refractivity (Wildman–Crippen MR) is 92.9 cm³/mol. The van der Waals surface area contributed by atoms with Gasteiger partial charge >= 0.3 is 5.97 Å². The second kappa shape index (κ2) is 7.49. The predicted octanol–water partition coefficient (Wildman–Crippen LogP) is 3.78. The van der Waals surface area contributed by atoms with E-state index < -0.39 is 4.92 Å². The van der Waals surface area contributed by atoms with Crippen molar-refractivity contribution in [3.63, 3.8) is 0 Å². The fraction of sp³-hybridized carbons (Fsp3) is 0.278. The molecule has 0 spiro atoms. The van der Waals surface area contributed by atoms with E-state index in [0.29, 0.717) is 12.4 Å². The van der Waals surface area contributed by atoms with Crippen molar-refractivity contribution in [3.8, 4) is 0 Å². The molecule has 1 aliphatic heterocycles. The number of cyclic esters (lactones) is 1. The number of carbonyl (C=O) groups excluding carboxylic acids is 1. The number of hydrogen-bond donors (Lipinski definition) is 0. The number of esters is 1. The monoisotopic (exact) mass is 343 g/mol. The Bertz CT molecular complexity index is 718. The summed E-state index contributed by atoms with van der Waals surface area (Å²) < 4.78 is 5.23. The molecule has 6 heteroatoms. The topological polar surface area (TPSA) is 69.4 Å². The number of non-ortho nitro benzene ring substituents is 1. The van der Waals surface area contributed by atoms with Crippen LogP contribution in [0.1, 0.15) is 17.0 Å². The quantitative estimate of drug-likeness (QED) is 0.453. The van der Waals surface area contributed by atoms with Crippen LogP contribution in [0.2, 0.25) is 0 Å². The van der Waals surface area contributed by atoms with Crippen LogP contribution in [0.5, 0.6) is 0 Å². The average molecular weight is 343 g/mol. The highest BCUT2D eigenvalue weighted by Crippen LogP contribution is 2.35. The van der Waals surface area contributed by atoms with Crippen LogP contribution in [0.3, 0.4) is 0 Å². The zero-order valence-corrected chi connectivity index (χ0v) is 13.8. The van der Waals surface area contributed by atoms with Gasteiger partial charge in [-0.2, -0.15) is 11.8 Å². The number of nitro groups is 1. The Morgan fingerprint density at radius 3 is 2.50 bits per heavy atom. The molecule has 1 saturated heterocycles. The SMILES string of the molecule is O=C1OCC(c2ccc([N+](=O)[O-])cc2)C1CSCc1ccccc1. The summed E-state index contributed by atoms with van der Waals surface area (Å²) in [6.07, 6.45) is 0. The molecule has 0 saturated carbocycles. The van der Waals surface area contributed by atoms with Gasteiger partial charge in [-0.1, -0.05) is 42.5 Å². The molecular weight excluding hydrogens is 326 g/mol. The fourth-order valence-corrected chi connectivity index (χ4v) is 3.96. The lowest BCUT2D eigenvalue weighted by Gasteiger charge is -2.15. The van der Waals surface area contributed by atoms with Crippen LogP contribution >= 0.6 is 11.8 Å². The Morgan fingerprint density at radius 2 is 1.83 bits per heavy atom. The lowest BCUT2D eigenvalue weighted by atomic mass is 9.90. The third kappa shape index (κ3) is 3.76. The van der Waals surface area contributed by atoms with Crippen molar-refractivity contribution in [1.82, 2.24) is 0 Å². The maximum atomic E-state index is 12.0. The molecule has 0 amide bonds. The second-order valence-electron chi connectivity index (χ2n) is 5.69. The molecule has 0 N–H and O–H groups in total. The summed E-state index contributed by atoms with van der Waals surface area (Å²) in [6.45, 7) is 0.340. The molecule has 2 aromatic carbocycles. The summed E-state index contributed by atoms with van der Waals surface area (Å²) in [7, 11) is 0. The first kappa shape index (κ1) is 16.5. The smallest absolute Gasteiger partial charge is 0.310 e. The van der Waals surface area contributed by atoms with Gasteiger partial charge in [-0.25, -0.2) is 0 Å². The van der Waals surface area contributed by atoms with E-state index in [1.165, 1.54) is 17.7 Å². The number of nitrogens with zero attached hydrogens (tertiary/aromatic N) is 1. The highest BCUT2D eigenvalue weighted by molar-refractivity contribution is 7.98. The maximum Gasteiger partial charge on any atom is 0.310 e. The molecule has 1 heterocycles. The third-order valence-electron chi connectivity index (χ3n) is 4.13. The van der Waals surface area contributed by atoms with Crippen LogP contribution in [-0.4, -0.2) is 23.3 Å². The summed E-state index contributed by atoms with van der Waals surface area (Å²) >= 11 is 1.70. The summed E-state index contributed by atoms with van der Waals surface area (Å²) in [6, 6.07) is 16.5. The first-order chi connectivity index (χ1) is 11.6. The lowest BCUT2D eigenvalue weighted by molar-refractivity contribution is -0.384. The van der Waals surface area contributed by atoms with E-state index in [4.69, 9.17) is 4.74 Å². The first-order valence-electron chi connectivity index (χ1n) is 7.68. The van der Waals surface area contributed by atoms with Crippen molar-refractivity contribution in [1.29, 1.82) is 0 Å². The molecule has 1 fully saturated rings. The fourth-order valence-electron chi connectivity index (χ4n) is 2.79. The van der Waals surface area contributed by atoms with Gasteiger partial charge in [0.15, 0.2) is 0 Å². The Morgan fingerprint density at radius 1 is 1.12 bits per heavy atom. The molecule has 24 heavy (non-hydrogen) atoms. The molecule has 5 nitrogen and oxygen atoms in total. The maximum absolute atomic E-state index is 12.0. The molecule has 0 aromatic heterocycles. The molecule has 2 unspecified atom stereocenters. The molecule has 2 aromatic rings. The van der Waals surface area contributed by atoms with E-state index in [1.54, 1.807) is 23.9 Å². The standard InChI is InChI=1S/C18H17NO4S/c20-18-17(12-24-11-13-4-2-1-3-5-13)16(10-23-18)14-6-8-15(9-7-14)19(21)22/h1-9,16-17H,10-12H2. The Balaban J connectivity index is 1.64. The number of hydrogen-bond acceptors (Lipinski definition) is 5. The van der Waals surface area contributed by atoms with Gasteiger partial charge in [-0.05, 0) is 11.1 Å². The highest BCUT2D eigenvalue weighted by atomic mass is 32.2. The van der Waals surface area contributed by atoms with Crippen LogP contribution < -0.4 is 0 Å². The third-order valence-corrected chi connectivity index (χ3v) is 5.27. The molecular formula is C18H17NO4S. The highest BCUT2D eigenvalue weighted by Gasteiger charge is 2.37. The van der Waals surface area contributed by atoms with E-state index >= 15 is 0 Å². The number of benzene rings is 2. The minimum Gasteiger partial charge on any atom is -0.465 e. The Labute approximate surface area is 144 Å².